The Labute approximate surface area is 215 Å². The summed E-state index contributed by atoms with van der Waals surface area (Å²) in [6.45, 7) is 17.4. The summed E-state index contributed by atoms with van der Waals surface area (Å²) in [6.07, 6.45) is -0.736. The van der Waals surface area contributed by atoms with Crippen molar-refractivity contribution in [3.05, 3.63) is 0 Å². The summed E-state index contributed by atoms with van der Waals surface area (Å²) in [6, 6.07) is 0. The first kappa shape index (κ1) is 39.3. The zero-order valence-corrected chi connectivity index (χ0v) is 23.7. The van der Waals surface area contributed by atoms with Crippen molar-refractivity contribution >= 4 is 35.3 Å². The van der Waals surface area contributed by atoms with Crippen molar-refractivity contribution in [2.45, 2.75) is 107 Å². The molecule has 0 saturated heterocycles. The first-order valence-corrected chi connectivity index (χ1v) is 11.5. The molecular formula is C23H41O10Ti. The zero-order chi connectivity index (χ0) is 27.9. The van der Waals surface area contributed by atoms with Crippen molar-refractivity contribution in [3.63, 3.8) is 0 Å². The third-order valence-corrected chi connectivity index (χ3v) is 2.88. The monoisotopic (exact) mass is 525 g/mol. The number of Topliss-reactive ketones (excluding diaryl/α,β-unsaturated/α-hetero) is 3. The quantitative estimate of drug-likeness (QED) is 0.181. The second kappa shape index (κ2) is 25.7. The Hall–Kier alpha value is -1.91. The number of hydrogen-bond acceptors (Lipinski definition) is 10. The van der Waals surface area contributed by atoms with Crippen LogP contribution in [0, 0.1) is 0 Å². The molecule has 0 radical (unpaired) electrons. The van der Waals surface area contributed by atoms with Gasteiger partial charge in [0.1, 0.15) is 36.6 Å². The molecule has 0 fully saturated rings. The van der Waals surface area contributed by atoms with E-state index in [0.717, 1.165) is 6.61 Å². The van der Waals surface area contributed by atoms with Crippen LogP contribution >= 0.6 is 0 Å². The Morgan fingerprint density at radius 2 is 0.735 bits per heavy atom. The van der Waals surface area contributed by atoms with Crippen LogP contribution in [-0.4, -0.2) is 60.2 Å². The van der Waals surface area contributed by atoms with Crippen LogP contribution in [-0.2, 0) is 67.1 Å². The molecule has 0 N–H and O–H groups in total. The fraction of sp³-hybridized carbons (Fsp3) is 0.739. The van der Waals surface area contributed by atoms with Gasteiger partial charge >= 0.3 is 55.6 Å². The Morgan fingerprint density at radius 3 is 0.824 bits per heavy atom. The summed E-state index contributed by atoms with van der Waals surface area (Å²) >= 11 is 1.68. The molecule has 0 aromatic rings. The van der Waals surface area contributed by atoms with Crippen molar-refractivity contribution in [1.82, 2.24) is 0 Å². The van der Waals surface area contributed by atoms with E-state index in [-0.39, 0.29) is 54.9 Å². The number of ether oxygens (including phenoxy) is 3. The number of ketones is 3. The van der Waals surface area contributed by atoms with E-state index in [9.17, 15) is 28.8 Å². The maximum atomic E-state index is 10.6. The second-order valence-corrected chi connectivity index (χ2v) is 8.14. The molecule has 0 aliphatic carbocycles. The van der Waals surface area contributed by atoms with Crippen LogP contribution in [0.4, 0.5) is 0 Å². The molecule has 0 saturated carbocycles. The average Bonchev–Trinajstić information content (AvgIpc) is 2.58. The van der Waals surface area contributed by atoms with Crippen LogP contribution < -0.4 is 0 Å². The molecule has 0 aliphatic heterocycles. The van der Waals surface area contributed by atoms with E-state index in [1.165, 1.54) is 20.8 Å². The van der Waals surface area contributed by atoms with Crippen LogP contribution in [0.15, 0.2) is 0 Å². The van der Waals surface area contributed by atoms with Gasteiger partial charge in [0.25, 0.3) is 0 Å². The third kappa shape index (κ3) is 47.8. The van der Waals surface area contributed by atoms with E-state index in [1.54, 1.807) is 62.4 Å². The van der Waals surface area contributed by atoms with Crippen LogP contribution in [0.5, 0.6) is 0 Å². The molecule has 0 aromatic carbocycles. The minimum absolute atomic E-state index is 0.113. The molecular weight excluding hydrogens is 484 g/mol. The Balaban J connectivity index is -0.000000184. The van der Waals surface area contributed by atoms with Crippen LogP contribution in [0.2, 0.25) is 0 Å². The molecule has 0 bridgehead atoms. The summed E-state index contributed by atoms with van der Waals surface area (Å²) in [7, 11) is 0. The van der Waals surface area contributed by atoms with Crippen LogP contribution in [0.3, 0.4) is 0 Å². The SMILES string of the molecule is CC(=O)CC(=O)OC(C)C.CC(=O)CC(=O)OC(C)C.CC(=O)CC(=O)OC(C)C.CC[O][Ti]. The number of hydrogen-bond donors (Lipinski definition) is 0. The normalized spacial score (nSPS) is 9.29. The first-order chi connectivity index (χ1) is 15.5. The molecule has 0 atom stereocenters. The van der Waals surface area contributed by atoms with E-state index in [2.05, 4.69) is 3.32 Å². The number of carbonyl (C=O) groups is 6. The minimum atomic E-state index is -0.442. The average molecular weight is 525 g/mol. The molecule has 11 heteroatoms. The molecule has 0 spiro atoms. The molecule has 0 heterocycles. The van der Waals surface area contributed by atoms with Gasteiger partial charge in [0.05, 0.1) is 18.3 Å². The molecule has 0 aliphatic rings. The summed E-state index contributed by atoms with van der Waals surface area (Å²) in [5, 5.41) is 0. The molecule has 0 aromatic heterocycles. The van der Waals surface area contributed by atoms with Crippen molar-refractivity contribution in [1.29, 1.82) is 0 Å². The third-order valence-electron chi connectivity index (χ3n) is 2.43. The van der Waals surface area contributed by atoms with Gasteiger partial charge in [0.2, 0.25) is 0 Å². The fourth-order valence-electron chi connectivity index (χ4n) is 1.52. The number of rotatable bonds is 10. The standard InChI is InChI=1S/3C7H12O3.C2H5O.Ti/c3*1-5(2)10-7(9)4-6(3)8;1-2-3;/h3*5H,4H2,1-3H3;2H2,1H3;/q;;;-1;+1. The van der Waals surface area contributed by atoms with Crippen molar-refractivity contribution in [3.8, 4) is 0 Å². The van der Waals surface area contributed by atoms with E-state index in [4.69, 9.17) is 14.2 Å². The summed E-state index contributed by atoms with van der Waals surface area (Å²) in [5.74, 6) is -1.81. The van der Waals surface area contributed by atoms with E-state index in [0.29, 0.717) is 0 Å². The van der Waals surface area contributed by atoms with Gasteiger partial charge in [-0.25, -0.2) is 0 Å². The summed E-state index contributed by atoms with van der Waals surface area (Å²) < 4.78 is 18.6. The number of esters is 3. The molecule has 0 unspecified atom stereocenters. The predicted octanol–water partition coefficient (Wildman–Crippen LogP) is 3.24. The van der Waals surface area contributed by atoms with Crippen molar-refractivity contribution < 1.29 is 67.1 Å². The second-order valence-electron chi connectivity index (χ2n) is 7.69. The Morgan fingerprint density at radius 1 is 0.559 bits per heavy atom. The first-order valence-electron chi connectivity index (χ1n) is 10.8. The Kier molecular flexibility index (Phi) is 29.7. The fourth-order valence-corrected chi connectivity index (χ4v) is 1.52. The van der Waals surface area contributed by atoms with Gasteiger partial charge in [-0.1, -0.05) is 0 Å². The van der Waals surface area contributed by atoms with E-state index < -0.39 is 17.9 Å². The van der Waals surface area contributed by atoms with Crippen molar-refractivity contribution in [2.75, 3.05) is 6.61 Å². The maximum absolute atomic E-state index is 10.6. The summed E-state index contributed by atoms with van der Waals surface area (Å²) in [5.41, 5.74) is 0. The predicted molar refractivity (Wildman–Crippen MR) is 121 cm³/mol. The van der Waals surface area contributed by atoms with Crippen LogP contribution in [0.1, 0.15) is 88.5 Å². The molecule has 0 rings (SSSR count). The van der Waals surface area contributed by atoms with E-state index >= 15 is 0 Å². The number of carbonyl (C=O) groups excluding carboxylic acids is 6. The molecule has 34 heavy (non-hydrogen) atoms. The summed E-state index contributed by atoms with van der Waals surface area (Å²) in [4.78, 5) is 62.9. The van der Waals surface area contributed by atoms with Crippen molar-refractivity contribution in [2.24, 2.45) is 0 Å². The molecule has 10 nitrogen and oxygen atoms in total. The molecule has 197 valence electrons. The topological polar surface area (TPSA) is 139 Å². The van der Waals surface area contributed by atoms with Gasteiger partial charge in [0.15, 0.2) is 0 Å². The van der Waals surface area contributed by atoms with Gasteiger partial charge in [0, 0.05) is 0 Å². The Bertz CT molecular complexity index is 530. The van der Waals surface area contributed by atoms with Gasteiger partial charge < -0.3 is 14.2 Å². The van der Waals surface area contributed by atoms with Gasteiger partial charge in [-0.05, 0) is 62.3 Å². The molecule has 0 amide bonds. The van der Waals surface area contributed by atoms with Crippen LogP contribution in [0.25, 0.3) is 0 Å². The zero-order valence-electron chi connectivity index (χ0n) is 22.1. The van der Waals surface area contributed by atoms with Gasteiger partial charge in [-0.2, -0.15) is 0 Å². The van der Waals surface area contributed by atoms with Gasteiger partial charge in [-0.15, -0.1) is 0 Å². The van der Waals surface area contributed by atoms with Gasteiger partial charge in [-0.3, -0.25) is 28.8 Å². The van der Waals surface area contributed by atoms with E-state index in [1.807, 2.05) is 6.92 Å².